The molecule has 1 aromatic rings. The van der Waals surface area contributed by atoms with E-state index in [4.69, 9.17) is 10.5 Å². The molecule has 0 saturated carbocycles. The van der Waals surface area contributed by atoms with Gasteiger partial charge in [0, 0.05) is 10.5 Å². The SMILES string of the molecule is CC(C)(C)OC(=O)C[C@@H](N)Cc1ccccc1Br. The van der Waals surface area contributed by atoms with Crippen molar-refractivity contribution in [2.45, 2.75) is 45.3 Å². The summed E-state index contributed by atoms with van der Waals surface area (Å²) in [6.07, 6.45) is 0.888. The van der Waals surface area contributed by atoms with Gasteiger partial charge in [-0.15, -0.1) is 0 Å². The molecule has 1 rings (SSSR count). The summed E-state index contributed by atoms with van der Waals surface area (Å²) >= 11 is 3.47. The van der Waals surface area contributed by atoms with Crippen molar-refractivity contribution < 1.29 is 9.53 Å². The van der Waals surface area contributed by atoms with Gasteiger partial charge in [0.2, 0.25) is 0 Å². The number of halogens is 1. The summed E-state index contributed by atoms with van der Waals surface area (Å²) in [6.45, 7) is 5.55. The lowest BCUT2D eigenvalue weighted by Gasteiger charge is -2.21. The number of nitrogens with two attached hydrogens (primary N) is 1. The third-order valence-corrected chi connectivity index (χ3v) is 3.06. The molecule has 100 valence electrons. The number of hydrogen-bond donors (Lipinski definition) is 1. The molecule has 0 aromatic heterocycles. The van der Waals surface area contributed by atoms with E-state index in [2.05, 4.69) is 15.9 Å². The molecule has 0 radical (unpaired) electrons. The standard InChI is InChI=1S/C14H20BrNO2/c1-14(2,3)18-13(17)9-11(16)8-10-6-4-5-7-12(10)15/h4-7,11H,8-9,16H2,1-3H3/t11-/m0/s1. The van der Waals surface area contributed by atoms with Crippen LogP contribution in [0.2, 0.25) is 0 Å². The number of benzene rings is 1. The van der Waals surface area contributed by atoms with Crippen LogP contribution in [0, 0.1) is 0 Å². The molecule has 0 bridgehead atoms. The van der Waals surface area contributed by atoms with Gasteiger partial charge in [-0.25, -0.2) is 0 Å². The molecule has 18 heavy (non-hydrogen) atoms. The summed E-state index contributed by atoms with van der Waals surface area (Å²) in [7, 11) is 0. The molecule has 0 fully saturated rings. The van der Waals surface area contributed by atoms with Crippen LogP contribution < -0.4 is 5.73 Å². The summed E-state index contributed by atoms with van der Waals surface area (Å²) in [6, 6.07) is 7.65. The van der Waals surface area contributed by atoms with Crippen LogP contribution in [0.15, 0.2) is 28.7 Å². The first kappa shape index (κ1) is 15.2. The van der Waals surface area contributed by atoms with Gasteiger partial charge < -0.3 is 10.5 Å². The number of rotatable bonds is 4. The molecule has 1 atom stereocenters. The largest absolute Gasteiger partial charge is 0.460 e. The predicted molar refractivity (Wildman–Crippen MR) is 76.3 cm³/mol. The minimum Gasteiger partial charge on any atom is -0.460 e. The Morgan fingerprint density at radius 3 is 2.56 bits per heavy atom. The Kier molecular flexibility index (Phi) is 5.35. The average Bonchev–Trinajstić information content (AvgIpc) is 2.18. The Hall–Kier alpha value is -0.870. The molecule has 2 N–H and O–H groups in total. The second kappa shape index (κ2) is 6.34. The van der Waals surface area contributed by atoms with Crippen molar-refractivity contribution in [3.63, 3.8) is 0 Å². The van der Waals surface area contributed by atoms with Crippen LogP contribution in [0.25, 0.3) is 0 Å². The Morgan fingerprint density at radius 1 is 1.39 bits per heavy atom. The fourth-order valence-corrected chi connectivity index (χ4v) is 2.06. The van der Waals surface area contributed by atoms with Crippen molar-refractivity contribution in [2.75, 3.05) is 0 Å². The summed E-state index contributed by atoms with van der Waals surface area (Å²) in [5.41, 5.74) is 6.62. The molecular weight excluding hydrogens is 294 g/mol. The van der Waals surface area contributed by atoms with E-state index in [0.717, 1.165) is 10.0 Å². The molecular formula is C14H20BrNO2. The third kappa shape index (κ3) is 5.65. The van der Waals surface area contributed by atoms with E-state index in [0.29, 0.717) is 6.42 Å². The topological polar surface area (TPSA) is 52.3 Å². The van der Waals surface area contributed by atoms with Crippen LogP contribution >= 0.6 is 15.9 Å². The maximum absolute atomic E-state index is 11.6. The molecule has 1 aromatic carbocycles. The molecule has 0 saturated heterocycles. The van der Waals surface area contributed by atoms with E-state index in [-0.39, 0.29) is 18.4 Å². The highest BCUT2D eigenvalue weighted by Gasteiger charge is 2.19. The van der Waals surface area contributed by atoms with Crippen molar-refractivity contribution in [1.29, 1.82) is 0 Å². The molecule has 3 nitrogen and oxygen atoms in total. The summed E-state index contributed by atoms with van der Waals surface area (Å²) in [5.74, 6) is -0.248. The lowest BCUT2D eigenvalue weighted by Crippen LogP contribution is -2.31. The summed E-state index contributed by atoms with van der Waals surface area (Å²) in [4.78, 5) is 11.6. The van der Waals surface area contributed by atoms with Gasteiger partial charge in [-0.05, 0) is 38.8 Å². The Bertz CT molecular complexity index is 413. The van der Waals surface area contributed by atoms with Crippen LogP contribution in [0.4, 0.5) is 0 Å². The maximum atomic E-state index is 11.6. The van der Waals surface area contributed by atoms with Crippen LogP contribution in [0.5, 0.6) is 0 Å². The van der Waals surface area contributed by atoms with Gasteiger partial charge in [-0.2, -0.15) is 0 Å². The normalized spacial score (nSPS) is 13.2. The van der Waals surface area contributed by atoms with E-state index in [1.807, 2.05) is 45.0 Å². The smallest absolute Gasteiger partial charge is 0.307 e. The van der Waals surface area contributed by atoms with E-state index in [1.54, 1.807) is 0 Å². The molecule has 0 aliphatic carbocycles. The highest BCUT2D eigenvalue weighted by Crippen LogP contribution is 2.18. The second-order valence-electron chi connectivity index (χ2n) is 5.35. The Labute approximate surface area is 117 Å². The quantitative estimate of drug-likeness (QED) is 0.869. The Balaban J connectivity index is 2.50. The number of ether oxygens (including phenoxy) is 1. The van der Waals surface area contributed by atoms with E-state index in [9.17, 15) is 4.79 Å². The first-order valence-corrected chi connectivity index (χ1v) is 6.78. The van der Waals surface area contributed by atoms with Crippen molar-refractivity contribution in [3.05, 3.63) is 34.3 Å². The van der Waals surface area contributed by atoms with Crippen LogP contribution in [-0.4, -0.2) is 17.6 Å². The fraction of sp³-hybridized carbons (Fsp3) is 0.500. The van der Waals surface area contributed by atoms with Gasteiger partial charge in [-0.1, -0.05) is 34.1 Å². The fourth-order valence-electron chi connectivity index (χ4n) is 1.62. The Morgan fingerprint density at radius 2 is 2.00 bits per heavy atom. The number of esters is 1. The van der Waals surface area contributed by atoms with Crippen molar-refractivity contribution >= 4 is 21.9 Å². The van der Waals surface area contributed by atoms with Crippen molar-refractivity contribution in [3.8, 4) is 0 Å². The average molecular weight is 314 g/mol. The maximum Gasteiger partial charge on any atom is 0.307 e. The van der Waals surface area contributed by atoms with Crippen LogP contribution in [0.3, 0.4) is 0 Å². The van der Waals surface area contributed by atoms with Gasteiger partial charge in [0.15, 0.2) is 0 Å². The third-order valence-electron chi connectivity index (χ3n) is 2.29. The summed E-state index contributed by atoms with van der Waals surface area (Å²) in [5, 5.41) is 0. The van der Waals surface area contributed by atoms with Gasteiger partial charge in [0.1, 0.15) is 5.60 Å². The molecule has 0 unspecified atom stereocenters. The lowest BCUT2D eigenvalue weighted by molar-refractivity contribution is -0.155. The van der Waals surface area contributed by atoms with Gasteiger partial charge in [0.05, 0.1) is 6.42 Å². The minimum absolute atomic E-state index is 0.224. The zero-order chi connectivity index (χ0) is 13.8. The molecule has 0 amide bonds. The molecule has 4 heteroatoms. The van der Waals surface area contributed by atoms with Crippen LogP contribution in [0.1, 0.15) is 32.8 Å². The second-order valence-corrected chi connectivity index (χ2v) is 6.20. The monoisotopic (exact) mass is 313 g/mol. The van der Waals surface area contributed by atoms with E-state index < -0.39 is 5.60 Å². The van der Waals surface area contributed by atoms with E-state index in [1.165, 1.54) is 0 Å². The predicted octanol–water partition coefficient (Wildman–Crippen LogP) is 3.05. The first-order chi connectivity index (χ1) is 8.28. The number of hydrogen-bond acceptors (Lipinski definition) is 3. The van der Waals surface area contributed by atoms with Gasteiger partial charge >= 0.3 is 5.97 Å². The zero-order valence-corrected chi connectivity index (χ0v) is 12.7. The molecule has 0 aliphatic heterocycles. The zero-order valence-electron chi connectivity index (χ0n) is 11.1. The minimum atomic E-state index is -0.454. The molecule has 0 heterocycles. The molecule has 0 aliphatic rings. The summed E-state index contributed by atoms with van der Waals surface area (Å²) < 4.78 is 6.26. The van der Waals surface area contributed by atoms with Crippen molar-refractivity contribution in [1.82, 2.24) is 0 Å². The first-order valence-electron chi connectivity index (χ1n) is 5.99. The highest BCUT2D eigenvalue weighted by molar-refractivity contribution is 9.10. The van der Waals surface area contributed by atoms with Gasteiger partial charge in [0.25, 0.3) is 0 Å². The number of carbonyl (C=O) groups is 1. The number of carbonyl (C=O) groups excluding carboxylic acids is 1. The lowest BCUT2D eigenvalue weighted by atomic mass is 10.0. The van der Waals surface area contributed by atoms with Crippen LogP contribution in [-0.2, 0) is 16.0 Å². The van der Waals surface area contributed by atoms with E-state index >= 15 is 0 Å². The molecule has 0 spiro atoms. The highest BCUT2D eigenvalue weighted by atomic mass is 79.9. The van der Waals surface area contributed by atoms with Crippen molar-refractivity contribution in [2.24, 2.45) is 5.73 Å². The van der Waals surface area contributed by atoms with Gasteiger partial charge in [-0.3, -0.25) is 4.79 Å².